The Bertz CT molecular complexity index is 1260. The minimum Gasteiger partial charge on any atom is -0.464 e. The molecule has 1 aromatic rings. The van der Waals surface area contributed by atoms with Crippen molar-refractivity contribution in [3.8, 4) is 5.75 Å². The standard InChI is InChI=1S/C31H42N2O11/c1-9-40-25(36)22-21-20(34)16-31(23(21)22,26(37)41-10-2)33-24(35)19(32-27(38)43-29(3,4)5)15-17-11-13-18(14-12-17)42-28(39)44-30(6,7)8/h9,11-14,19-23,34H,1,10,15-16H2,2-8H3,(H,32,38)(H,33,35)/t19?,20-,21-,22-,23-,31+/m0/s1. The van der Waals surface area contributed by atoms with Crippen molar-refractivity contribution >= 4 is 30.1 Å². The van der Waals surface area contributed by atoms with Crippen LogP contribution in [-0.2, 0) is 39.8 Å². The van der Waals surface area contributed by atoms with Crippen LogP contribution in [0.5, 0.6) is 5.75 Å². The number of carbonyl (C=O) groups is 5. The summed E-state index contributed by atoms with van der Waals surface area (Å²) in [6.45, 7) is 15.1. The van der Waals surface area contributed by atoms with E-state index in [9.17, 15) is 29.1 Å². The molecule has 44 heavy (non-hydrogen) atoms. The van der Waals surface area contributed by atoms with Crippen LogP contribution < -0.4 is 15.4 Å². The normalized spacial score (nSPS) is 24.5. The zero-order valence-electron chi connectivity index (χ0n) is 26.1. The highest BCUT2D eigenvalue weighted by Crippen LogP contribution is 2.63. The van der Waals surface area contributed by atoms with Gasteiger partial charge in [-0.15, -0.1) is 0 Å². The predicted octanol–water partition coefficient (Wildman–Crippen LogP) is 3.17. The number of benzene rings is 1. The molecule has 0 aromatic heterocycles. The Morgan fingerprint density at radius 2 is 1.66 bits per heavy atom. The molecule has 3 N–H and O–H groups in total. The van der Waals surface area contributed by atoms with Crippen LogP contribution in [0.25, 0.3) is 0 Å². The van der Waals surface area contributed by atoms with Crippen LogP contribution in [0.4, 0.5) is 9.59 Å². The molecule has 0 radical (unpaired) electrons. The van der Waals surface area contributed by atoms with Crippen molar-refractivity contribution in [1.29, 1.82) is 0 Å². The molecule has 2 aliphatic carbocycles. The van der Waals surface area contributed by atoms with Crippen molar-refractivity contribution in [2.45, 2.75) is 90.2 Å². The second kappa shape index (κ2) is 13.2. The summed E-state index contributed by atoms with van der Waals surface area (Å²) in [6.07, 6.45) is -2.16. The molecule has 1 unspecified atom stereocenters. The average molecular weight is 619 g/mol. The molecule has 13 nitrogen and oxygen atoms in total. The molecule has 0 saturated heterocycles. The minimum atomic E-state index is -1.75. The van der Waals surface area contributed by atoms with Gasteiger partial charge in [-0.2, -0.15) is 0 Å². The van der Waals surface area contributed by atoms with Gasteiger partial charge in [0.2, 0.25) is 5.91 Å². The van der Waals surface area contributed by atoms with E-state index in [1.54, 1.807) is 60.6 Å². The summed E-state index contributed by atoms with van der Waals surface area (Å²) in [5, 5.41) is 16.0. The third kappa shape index (κ3) is 8.49. The number of nitrogens with one attached hydrogen (secondary N) is 2. The molecule has 2 aliphatic rings. The van der Waals surface area contributed by atoms with Crippen LogP contribution in [0.3, 0.4) is 0 Å². The molecule has 2 fully saturated rings. The van der Waals surface area contributed by atoms with Gasteiger partial charge in [0.1, 0.15) is 28.5 Å². The van der Waals surface area contributed by atoms with Crippen molar-refractivity contribution in [2.24, 2.45) is 17.8 Å². The SMILES string of the molecule is C=COC(=O)[C@H]1[C@H]2[C@@H]1[C@@](NC(=O)C(Cc1ccc(OC(=O)OC(C)(C)C)cc1)NC(=O)OC(C)(C)C)(C(=O)OCC)C[C@@H]2O. The van der Waals surface area contributed by atoms with Crippen LogP contribution in [0, 0.1) is 17.8 Å². The first-order chi connectivity index (χ1) is 20.4. The summed E-state index contributed by atoms with van der Waals surface area (Å²) in [4.78, 5) is 64.5. The number of fused-ring (bicyclic) bond motifs is 1. The zero-order chi connectivity index (χ0) is 33.0. The first-order valence-electron chi connectivity index (χ1n) is 14.4. The maximum absolute atomic E-state index is 13.8. The van der Waals surface area contributed by atoms with Gasteiger partial charge in [-0.25, -0.2) is 14.4 Å². The molecule has 0 aliphatic heterocycles. The number of ether oxygens (including phenoxy) is 5. The lowest BCUT2D eigenvalue weighted by molar-refractivity contribution is -0.156. The summed E-state index contributed by atoms with van der Waals surface area (Å²) >= 11 is 0. The van der Waals surface area contributed by atoms with Gasteiger partial charge in [0, 0.05) is 24.7 Å². The topological polar surface area (TPSA) is 176 Å². The fraction of sp³-hybridized carbons (Fsp3) is 0.581. The molecule has 13 heteroatoms. The summed E-state index contributed by atoms with van der Waals surface area (Å²) in [7, 11) is 0. The van der Waals surface area contributed by atoms with Crippen molar-refractivity contribution in [1.82, 2.24) is 10.6 Å². The lowest BCUT2D eigenvalue weighted by Crippen LogP contribution is -2.62. The Hall–Kier alpha value is -4.13. The van der Waals surface area contributed by atoms with Gasteiger partial charge in [0.25, 0.3) is 0 Å². The quantitative estimate of drug-likeness (QED) is 0.152. The Balaban J connectivity index is 1.86. The van der Waals surface area contributed by atoms with E-state index in [2.05, 4.69) is 17.2 Å². The molecule has 2 amide bonds. The minimum absolute atomic E-state index is 0.0109. The van der Waals surface area contributed by atoms with Crippen molar-refractivity contribution in [3.63, 3.8) is 0 Å². The second-order valence-corrected chi connectivity index (χ2v) is 12.8. The summed E-state index contributed by atoms with van der Waals surface area (Å²) in [5.41, 5.74) is -2.80. The van der Waals surface area contributed by atoms with Crippen molar-refractivity contribution < 1.29 is 52.8 Å². The largest absolute Gasteiger partial charge is 0.514 e. The van der Waals surface area contributed by atoms with Crippen LogP contribution in [0.15, 0.2) is 37.1 Å². The molecule has 3 rings (SSSR count). The highest BCUT2D eigenvalue weighted by Gasteiger charge is 2.76. The van der Waals surface area contributed by atoms with Crippen LogP contribution in [0.2, 0.25) is 0 Å². The Morgan fingerprint density at radius 1 is 1.05 bits per heavy atom. The summed E-state index contributed by atoms with van der Waals surface area (Å²) in [6, 6.07) is 4.92. The van der Waals surface area contributed by atoms with Gasteiger partial charge in [-0.05, 0) is 66.2 Å². The highest BCUT2D eigenvalue weighted by atomic mass is 16.7. The second-order valence-electron chi connectivity index (χ2n) is 12.8. The van der Waals surface area contributed by atoms with Crippen LogP contribution in [0.1, 0.15) is 60.5 Å². The van der Waals surface area contributed by atoms with E-state index in [1.807, 2.05) is 0 Å². The number of amides is 2. The molecule has 0 bridgehead atoms. The molecule has 0 heterocycles. The first kappa shape index (κ1) is 34.4. The maximum atomic E-state index is 13.8. The van der Waals surface area contributed by atoms with Gasteiger partial charge in [-0.3, -0.25) is 9.59 Å². The maximum Gasteiger partial charge on any atom is 0.514 e. The Morgan fingerprint density at radius 3 is 2.20 bits per heavy atom. The number of hydrogen-bond donors (Lipinski definition) is 3. The van der Waals surface area contributed by atoms with E-state index < -0.39 is 76.7 Å². The summed E-state index contributed by atoms with van der Waals surface area (Å²) < 4.78 is 25.9. The number of rotatable bonds is 10. The lowest BCUT2D eigenvalue weighted by atomic mass is 9.88. The van der Waals surface area contributed by atoms with Gasteiger partial charge < -0.3 is 39.4 Å². The molecular formula is C31H42N2O11. The fourth-order valence-electron chi connectivity index (χ4n) is 5.44. The number of esters is 2. The predicted molar refractivity (Wildman–Crippen MR) is 155 cm³/mol. The fourth-order valence-corrected chi connectivity index (χ4v) is 5.44. The van der Waals surface area contributed by atoms with E-state index in [-0.39, 0.29) is 25.2 Å². The van der Waals surface area contributed by atoms with E-state index in [0.29, 0.717) is 5.56 Å². The van der Waals surface area contributed by atoms with Gasteiger partial charge in [-0.1, -0.05) is 18.7 Å². The van der Waals surface area contributed by atoms with Gasteiger partial charge >= 0.3 is 24.2 Å². The number of aliphatic hydroxyl groups is 1. The summed E-state index contributed by atoms with van der Waals surface area (Å²) in [5.74, 6) is -4.36. The lowest BCUT2D eigenvalue weighted by Gasteiger charge is -2.33. The molecular weight excluding hydrogens is 576 g/mol. The molecule has 2 saturated carbocycles. The highest BCUT2D eigenvalue weighted by molar-refractivity contribution is 5.94. The molecule has 1 aromatic carbocycles. The average Bonchev–Trinajstić information content (AvgIpc) is 3.57. The van der Waals surface area contributed by atoms with Crippen LogP contribution >= 0.6 is 0 Å². The van der Waals surface area contributed by atoms with Crippen molar-refractivity contribution in [2.75, 3.05) is 6.61 Å². The van der Waals surface area contributed by atoms with E-state index in [0.717, 1.165) is 6.26 Å². The third-order valence-electron chi connectivity index (χ3n) is 7.04. The van der Waals surface area contributed by atoms with Gasteiger partial charge in [0.15, 0.2) is 0 Å². The molecule has 242 valence electrons. The number of alkyl carbamates (subject to hydrolysis) is 1. The Kier molecular flexibility index (Phi) is 10.3. The first-order valence-corrected chi connectivity index (χ1v) is 14.4. The zero-order valence-corrected chi connectivity index (χ0v) is 26.1. The van der Waals surface area contributed by atoms with E-state index >= 15 is 0 Å². The smallest absolute Gasteiger partial charge is 0.464 e. The van der Waals surface area contributed by atoms with E-state index in [1.165, 1.54) is 12.1 Å². The monoisotopic (exact) mass is 618 g/mol. The third-order valence-corrected chi connectivity index (χ3v) is 7.04. The number of hydrogen-bond acceptors (Lipinski definition) is 11. The Labute approximate surface area is 256 Å². The van der Waals surface area contributed by atoms with Gasteiger partial charge in [0.05, 0.1) is 24.9 Å². The number of aliphatic hydroxyl groups excluding tert-OH is 1. The molecule has 6 atom stereocenters. The molecule has 0 spiro atoms. The van der Waals surface area contributed by atoms with Crippen LogP contribution in [-0.4, -0.2) is 70.7 Å². The van der Waals surface area contributed by atoms with Crippen molar-refractivity contribution in [3.05, 3.63) is 42.7 Å². The van der Waals surface area contributed by atoms with E-state index in [4.69, 9.17) is 23.7 Å². The number of carbonyl (C=O) groups excluding carboxylic acids is 5.